The Morgan fingerprint density at radius 2 is 2.04 bits per heavy atom. The molecule has 1 N–H and O–H groups in total. The first kappa shape index (κ1) is 15.4. The van der Waals surface area contributed by atoms with E-state index >= 15 is 0 Å². The molecule has 24 heavy (non-hydrogen) atoms. The standard InChI is InChI=1S/C19H23N3O2/c1-2-7-23-9-6-14-10-15(13-20-12-14)19-17-11-16(24-8-3-1)4-5-18(17)21-22-19/h4-5,10-11,13-14H,1-3,6-9,12H2,(H,21,22). The summed E-state index contributed by atoms with van der Waals surface area (Å²) in [7, 11) is 0. The molecule has 1 aromatic heterocycles. The summed E-state index contributed by atoms with van der Waals surface area (Å²) in [5.74, 6) is 1.32. The summed E-state index contributed by atoms with van der Waals surface area (Å²) in [4.78, 5) is 4.54. The molecule has 1 atom stereocenters. The van der Waals surface area contributed by atoms with Crippen LogP contribution < -0.4 is 4.74 Å². The number of hydrogen-bond donors (Lipinski definition) is 1. The van der Waals surface area contributed by atoms with Crippen LogP contribution >= 0.6 is 0 Å². The number of H-pyrrole nitrogens is 1. The Balaban J connectivity index is 1.68. The Labute approximate surface area is 141 Å². The van der Waals surface area contributed by atoms with E-state index < -0.39 is 0 Å². The van der Waals surface area contributed by atoms with Crippen molar-refractivity contribution < 1.29 is 9.47 Å². The van der Waals surface area contributed by atoms with Crippen molar-refractivity contribution in [2.45, 2.75) is 25.7 Å². The van der Waals surface area contributed by atoms with Crippen LogP contribution in [0.2, 0.25) is 0 Å². The van der Waals surface area contributed by atoms with Gasteiger partial charge in [-0.25, -0.2) is 0 Å². The van der Waals surface area contributed by atoms with Crippen LogP contribution in [0.4, 0.5) is 0 Å². The van der Waals surface area contributed by atoms with Gasteiger partial charge in [-0.3, -0.25) is 10.1 Å². The van der Waals surface area contributed by atoms with Crippen LogP contribution in [0.5, 0.6) is 5.75 Å². The lowest BCUT2D eigenvalue weighted by Gasteiger charge is -2.16. The second-order valence-electron chi connectivity index (χ2n) is 6.47. The van der Waals surface area contributed by atoms with Gasteiger partial charge in [-0.2, -0.15) is 5.10 Å². The number of hydrogen-bond acceptors (Lipinski definition) is 4. The molecule has 2 aromatic rings. The normalized spacial score (nSPS) is 22.3. The van der Waals surface area contributed by atoms with E-state index in [1.165, 1.54) is 0 Å². The van der Waals surface area contributed by atoms with E-state index in [-0.39, 0.29) is 0 Å². The van der Waals surface area contributed by atoms with Crippen molar-refractivity contribution in [2.75, 3.05) is 26.4 Å². The van der Waals surface area contributed by atoms with Crippen LogP contribution in [0.15, 0.2) is 29.3 Å². The van der Waals surface area contributed by atoms with Gasteiger partial charge in [0.2, 0.25) is 0 Å². The zero-order valence-electron chi connectivity index (χ0n) is 13.8. The molecule has 3 heterocycles. The van der Waals surface area contributed by atoms with E-state index in [4.69, 9.17) is 9.47 Å². The summed E-state index contributed by atoms with van der Waals surface area (Å²) < 4.78 is 11.7. The molecule has 0 fully saturated rings. The first-order valence-electron chi connectivity index (χ1n) is 8.81. The Bertz CT molecular complexity index is 763. The summed E-state index contributed by atoms with van der Waals surface area (Å²) in [6, 6.07) is 6.13. The minimum absolute atomic E-state index is 0.420. The number of nitrogens with one attached hydrogen (secondary N) is 1. The molecule has 1 unspecified atom stereocenters. The lowest BCUT2D eigenvalue weighted by atomic mass is 9.97. The maximum Gasteiger partial charge on any atom is 0.120 e. The quantitative estimate of drug-likeness (QED) is 0.805. The summed E-state index contributed by atoms with van der Waals surface area (Å²) in [6.45, 7) is 3.21. The Hall–Kier alpha value is -2.14. The topological polar surface area (TPSA) is 59.5 Å². The summed E-state index contributed by atoms with van der Waals surface area (Å²) in [5.41, 5.74) is 3.07. The van der Waals surface area contributed by atoms with Gasteiger partial charge in [0, 0.05) is 36.9 Å². The van der Waals surface area contributed by atoms with Gasteiger partial charge >= 0.3 is 0 Å². The van der Waals surface area contributed by atoms with Crippen molar-refractivity contribution >= 4 is 22.7 Å². The van der Waals surface area contributed by atoms with Crippen LogP contribution in [0.25, 0.3) is 16.5 Å². The van der Waals surface area contributed by atoms with Gasteiger partial charge in [-0.05, 0) is 49.8 Å². The van der Waals surface area contributed by atoms with Crippen LogP contribution in [0, 0.1) is 5.92 Å². The SMILES string of the molecule is C1=NCC2C=C1c1n[nH]c3ccc(cc13)OCCCCCOCC2. The van der Waals surface area contributed by atoms with Crippen molar-refractivity contribution in [1.82, 2.24) is 10.2 Å². The first-order chi connectivity index (χ1) is 11.9. The first-order valence-corrected chi connectivity index (χ1v) is 8.81. The number of fused-ring (bicyclic) bond motifs is 3. The Morgan fingerprint density at radius 1 is 1.08 bits per heavy atom. The molecular formula is C19H23N3O2. The fraction of sp³-hybridized carbons (Fsp3) is 0.474. The molecule has 1 aromatic carbocycles. The van der Waals surface area contributed by atoms with Gasteiger partial charge in [0.05, 0.1) is 12.1 Å². The number of allylic oxidation sites excluding steroid dienone is 1. The van der Waals surface area contributed by atoms with E-state index in [2.05, 4.69) is 27.3 Å². The molecule has 0 saturated carbocycles. The van der Waals surface area contributed by atoms with Gasteiger partial charge < -0.3 is 9.47 Å². The van der Waals surface area contributed by atoms with Crippen molar-refractivity contribution in [2.24, 2.45) is 10.9 Å². The van der Waals surface area contributed by atoms with E-state index in [0.29, 0.717) is 5.92 Å². The molecule has 0 spiro atoms. The molecule has 0 aliphatic carbocycles. The summed E-state index contributed by atoms with van der Waals surface area (Å²) in [6.07, 6.45) is 8.52. The van der Waals surface area contributed by atoms with E-state index in [9.17, 15) is 0 Å². The second-order valence-corrected chi connectivity index (χ2v) is 6.47. The second kappa shape index (κ2) is 7.18. The molecule has 4 bridgehead atoms. The van der Waals surface area contributed by atoms with Gasteiger partial charge in [0.25, 0.3) is 0 Å². The highest BCUT2D eigenvalue weighted by molar-refractivity contribution is 6.14. The van der Waals surface area contributed by atoms with Crippen molar-refractivity contribution in [3.8, 4) is 5.75 Å². The van der Waals surface area contributed by atoms with Crippen LogP contribution in [0.3, 0.4) is 0 Å². The van der Waals surface area contributed by atoms with E-state index in [1.54, 1.807) is 0 Å². The van der Waals surface area contributed by atoms with E-state index in [1.807, 2.05) is 18.3 Å². The monoisotopic (exact) mass is 325 g/mol. The molecule has 2 aliphatic heterocycles. The van der Waals surface area contributed by atoms with Crippen LogP contribution in [-0.4, -0.2) is 42.8 Å². The van der Waals surface area contributed by atoms with Crippen LogP contribution in [0.1, 0.15) is 31.4 Å². The average molecular weight is 325 g/mol. The molecule has 5 heteroatoms. The molecular weight excluding hydrogens is 302 g/mol. The highest BCUT2D eigenvalue weighted by atomic mass is 16.5. The number of aromatic nitrogens is 2. The number of aromatic amines is 1. The van der Waals surface area contributed by atoms with Crippen molar-refractivity contribution in [3.05, 3.63) is 30.0 Å². The maximum atomic E-state index is 5.91. The third-order valence-corrected chi connectivity index (χ3v) is 4.63. The molecule has 126 valence electrons. The molecule has 4 rings (SSSR count). The number of benzene rings is 1. The smallest absolute Gasteiger partial charge is 0.120 e. The van der Waals surface area contributed by atoms with Crippen molar-refractivity contribution in [1.29, 1.82) is 0 Å². The maximum absolute atomic E-state index is 5.91. The van der Waals surface area contributed by atoms with Crippen molar-refractivity contribution in [3.63, 3.8) is 0 Å². The zero-order chi connectivity index (χ0) is 16.2. The summed E-state index contributed by atoms with van der Waals surface area (Å²) >= 11 is 0. The number of aliphatic imine (C=N–C) groups is 1. The average Bonchev–Trinajstić information content (AvgIpc) is 3.03. The van der Waals surface area contributed by atoms with Crippen LogP contribution in [-0.2, 0) is 4.74 Å². The lowest BCUT2D eigenvalue weighted by molar-refractivity contribution is 0.120. The Morgan fingerprint density at radius 3 is 3.04 bits per heavy atom. The number of ether oxygens (including phenoxy) is 2. The number of dihydropyridines is 1. The fourth-order valence-electron chi connectivity index (χ4n) is 3.26. The molecule has 5 nitrogen and oxygen atoms in total. The zero-order valence-corrected chi connectivity index (χ0v) is 13.8. The van der Waals surface area contributed by atoms with Gasteiger partial charge in [0.1, 0.15) is 11.4 Å². The summed E-state index contributed by atoms with van der Waals surface area (Å²) in [5, 5.41) is 8.72. The van der Waals surface area contributed by atoms with Gasteiger partial charge in [0.15, 0.2) is 0 Å². The van der Waals surface area contributed by atoms with Gasteiger partial charge in [-0.1, -0.05) is 6.08 Å². The molecule has 0 saturated heterocycles. The molecule has 0 amide bonds. The fourth-order valence-corrected chi connectivity index (χ4v) is 3.26. The predicted octanol–water partition coefficient (Wildman–Crippen LogP) is 3.62. The lowest BCUT2D eigenvalue weighted by Crippen LogP contribution is -2.12. The minimum Gasteiger partial charge on any atom is -0.494 e. The predicted molar refractivity (Wildman–Crippen MR) is 95.7 cm³/mol. The third-order valence-electron chi connectivity index (χ3n) is 4.63. The van der Waals surface area contributed by atoms with Gasteiger partial charge in [-0.15, -0.1) is 0 Å². The highest BCUT2D eigenvalue weighted by Gasteiger charge is 2.16. The number of nitrogens with zero attached hydrogens (tertiary/aromatic N) is 2. The largest absolute Gasteiger partial charge is 0.494 e. The Kier molecular flexibility index (Phi) is 4.60. The minimum atomic E-state index is 0.420. The third kappa shape index (κ3) is 3.36. The van der Waals surface area contributed by atoms with E-state index in [0.717, 1.165) is 80.0 Å². The highest BCUT2D eigenvalue weighted by Crippen LogP contribution is 2.28. The molecule has 0 radical (unpaired) electrons. The number of rotatable bonds is 0. The molecule has 2 aliphatic rings.